The molecule has 1 N–H and O–H groups in total. The van der Waals surface area contributed by atoms with Gasteiger partial charge < -0.3 is 23.7 Å². The first-order chi connectivity index (χ1) is 18.6. The number of furan rings is 1. The van der Waals surface area contributed by atoms with Crippen molar-refractivity contribution in [1.82, 2.24) is 0 Å². The summed E-state index contributed by atoms with van der Waals surface area (Å²) < 4.78 is 21.7. The minimum absolute atomic E-state index is 0.0534. The number of aliphatic hydroxyl groups is 1. The number of hydrogen-bond acceptors (Lipinski definition) is 10. The third-order valence-electron chi connectivity index (χ3n) is 11.2. The number of ketones is 2. The molecular weight excluding hydrogens is 520 g/mol. The first-order valence-electron chi connectivity index (χ1n) is 13.4. The normalized spacial score (nSPS) is 43.1. The van der Waals surface area contributed by atoms with Crippen LogP contribution in [-0.4, -0.2) is 53.4 Å². The molecule has 2 fully saturated rings. The largest absolute Gasteiger partial charge is 0.472 e. The second-order valence-corrected chi connectivity index (χ2v) is 12.8. The smallest absolute Gasteiger partial charge is 0.331 e. The van der Waals surface area contributed by atoms with Crippen LogP contribution in [0.4, 0.5) is 0 Å². The van der Waals surface area contributed by atoms with E-state index in [1.807, 2.05) is 6.92 Å². The van der Waals surface area contributed by atoms with Gasteiger partial charge in [-0.1, -0.05) is 27.7 Å². The molecular formula is C30H32O10. The van der Waals surface area contributed by atoms with E-state index in [0.717, 1.165) is 0 Å². The number of fused-ring (bicyclic) bond motifs is 4. The Morgan fingerprint density at radius 1 is 1.15 bits per heavy atom. The predicted molar refractivity (Wildman–Crippen MR) is 135 cm³/mol. The van der Waals surface area contributed by atoms with E-state index in [2.05, 4.69) is 0 Å². The van der Waals surface area contributed by atoms with Crippen molar-refractivity contribution >= 4 is 29.5 Å². The van der Waals surface area contributed by atoms with E-state index < -0.39 is 69.1 Å². The van der Waals surface area contributed by atoms with E-state index in [-0.39, 0.29) is 41.8 Å². The van der Waals surface area contributed by atoms with Gasteiger partial charge in [0.1, 0.15) is 12.2 Å². The van der Waals surface area contributed by atoms with E-state index in [4.69, 9.17) is 18.6 Å². The van der Waals surface area contributed by atoms with Gasteiger partial charge in [-0.25, -0.2) is 4.79 Å². The average Bonchev–Trinajstić information content (AvgIpc) is 3.53. The van der Waals surface area contributed by atoms with Gasteiger partial charge in [0.25, 0.3) is 0 Å². The number of carbonyl (C=O) groups is 5. The van der Waals surface area contributed by atoms with Crippen LogP contribution < -0.4 is 0 Å². The fourth-order valence-corrected chi connectivity index (χ4v) is 9.14. The topological polar surface area (TPSA) is 146 Å². The molecule has 2 heterocycles. The molecule has 0 unspecified atom stereocenters. The van der Waals surface area contributed by atoms with Crippen LogP contribution in [0.15, 0.2) is 45.8 Å². The monoisotopic (exact) mass is 552 g/mol. The Morgan fingerprint density at radius 3 is 2.45 bits per heavy atom. The molecule has 0 saturated heterocycles. The maximum absolute atomic E-state index is 14.6. The molecule has 0 radical (unpaired) electrons. The standard InChI is InChI=1S/C30H32O10/c1-14(31)39-25-27(3)11-18-29(5,28(27,4)12-20(34)37-6)22-17(32)10-26(2)16(21(22)23(35)30(18,25)36)9-19(33)40-24(26)15-7-8-38-13-15/h7-9,13,18,24-25,36H,10-12H2,1-6H3/t18-,24+,25+,26-,27+,28+,29-,30-/m1/s1. The van der Waals surface area contributed by atoms with Crippen LogP contribution >= 0.6 is 0 Å². The maximum atomic E-state index is 14.6. The first kappa shape index (κ1) is 26.7. The Morgan fingerprint density at radius 2 is 1.85 bits per heavy atom. The number of esters is 3. The summed E-state index contributed by atoms with van der Waals surface area (Å²) in [6, 6.07) is 1.63. The number of rotatable bonds is 4. The summed E-state index contributed by atoms with van der Waals surface area (Å²) in [7, 11) is 1.27. The van der Waals surface area contributed by atoms with Gasteiger partial charge in [0.15, 0.2) is 17.2 Å². The van der Waals surface area contributed by atoms with Gasteiger partial charge in [-0.3, -0.25) is 19.2 Å². The van der Waals surface area contributed by atoms with Gasteiger partial charge in [0.2, 0.25) is 0 Å². The molecule has 2 bridgehead atoms. The van der Waals surface area contributed by atoms with Gasteiger partial charge in [0, 0.05) is 58.3 Å². The Balaban J connectivity index is 1.66. The molecule has 10 heteroatoms. The molecule has 8 atom stereocenters. The minimum atomic E-state index is -2.19. The molecule has 1 aromatic heterocycles. The van der Waals surface area contributed by atoms with Crippen LogP contribution in [0.5, 0.6) is 0 Å². The molecule has 1 aliphatic heterocycles. The fourth-order valence-electron chi connectivity index (χ4n) is 9.14. The number of methoxy groups -OCH3 is 1. The highest BCUT2D eigenvalue weighted by molar-refractivity contribution is 6.18. The number of ether oxygens (including phenoxy) is 3. The summed E-state index contributed by atoms with van der Waals surface area (Å²) in [6.45, 7) is 8.37. The predicted octanol–water partition coefficient (Wildman–Crippen LogP) is 2.94. The lowest BCUT2D eigenvalue weighted by molar-refractivity contribution is -0.225. The molecule has 212 valence electrons. The quantitative estimate of drug-likeness (QED) is 0.437. The van der Waals surface area contributed by atoms with Gasteiger partial charge in [0.05, 0.1) is 26.1 Å². The molecule has 4 aliphatic carbocycles. The summed E-state index contributed by atoms with van der Waals surface area (Å²) >= 11 is 0. The number of allylic oxidation sites excluding steroid dienone is 1. The van der Waals surface area contributed by atoms with Crippen LogP contribution in [0.25, 0.3) is 0 Å². The number of Topliss-reactive ketones (excluding diaryl/α,β-unsaturated/α-hetero) is 2. The van der Waals surface area contributed by atoms with Crippen molar-refractivity contribution in [1.29, 1.82) is 0 Å². The second-order valence-electron chi connectivity index (χ2n) is 12.8. The number of carbonyl (C=O) groups excluding carboxylic acids is 5. The summed E-state index contributed by atoms with van der Waals surface area (Å²) in [5, 5.41) is 12.4. The van der Waals surface area contributed by atoms with E-state index in [0.29, 0.717) is 5.56 Å². The highest BCUT2D eigenvalue weighted by Crippen LogP contribution is 2.81. The first-order valence-corrected chi connectivity index (χ1v) is 13.4. The van der Waals surface area contributed by atoms with Crippen molar-refractivity contribution in [2.24, 2.45) is 27.6 Å². The van der Waals surface area contributed by atoms with Crippen molar-refractivity contribution in [3.63, 3.8) is 0 Å². The Labute approximate surface area is 230 Å². The zero-order valence-electron chi connectivity index (χ0n) is 23.3. The summed E-state index contributed by atoms with van der Waals surface area (Å²) in [4.78, 5) is 67.1. The Kier molecular flexibility index (Phi) is 5.21. The van der Waals surface area contributed by atoms with Crippen LogP contribution in [0.3, 0.4) is 0 Å². The van der Waals surface area contributed by atoms with Crippen molar-refractivity contribution in [3.8, 4) is 0 Å². The Bertz CT molecular complexity index is 1470. The molecule has 10 nitrogen and oxygen atoms in total. The summed E-state index contributed by atoms with van der Waals surface area (Å²) in [5.41, 5.74) is -5.71. The lowest BCUT2D eigenvalue weighted by atomic mass is 9.40. The highest BCUT2D eigenvalue weighted by Gasteiger charge is 2.86. The van der Waals surface area contributed by atoms with E-state index in [9.17, 15) is 29.1 Å². The van der Waals surface area contributed by atoms with Crippen molar-refractivity contribution in [2.75, 3.05) is 7.11 Å². The van der Waals surface area contributed by atoms with Crippen molar-refractivity contribution in [3.05, 3.63) is 47.0 Å². The van der Waals surface area contributed by atoms with Gasteiger partial charge >= 0.3 is 17.9 Å². The van der Waals surface area contributed by atoms with Gasteiger partial charge in [-0.15, -0.1) is 0 Å². The second kappa shape index (κ2) is 7.81. The molecule has 0 spiro atoms. The van der Waals surface area contributed by atoms with E-state index in [1.165, 1.54) is 32.6 Å². The molecule has 1 aromatic rings. The van der Waals surface area contributed by atoms with E-state index >= 15 is 0 Å². The average molecular weight is 553 g/mol. The third-order valence-corrected chi connectivity index (χ3v) is 11.2. The Hall–Kier alpha value is -3.53. The molecule has 0 amide bonds. The highest BCUT2D eigenvalue weighted by atomic mass is 16.6. The zero-order chi connectivity index (χ0) is 29.2. The number of cyclic esters (lactones) is 1. The lowest BCUT2D eigenvalue weighted by Crippen LogP contribution is -2.72. The molecule has 0 aromatic carbocycles. The number of hydrogen-bond donors (Lipinski definition) is 1. The molecule has 40 heavy (non-hydrogen) atoms. The summed E-state index contributed by atoms with van der Waals surface area (Å²) in [6.07, 6.45) is 1.86. The summed E-state index contributed by atoms with van der Waals surface area (Å²) in [5.74, 6) is -3.83. The van der Waals surface area contributed by atoms with Crippen molar-refractivity contribution in [2.45, 2.75) is 71.7 Å². The third kappa shape index (κ3) is 2.75. The van der Waals surface area contributed by atoms with Crippen LogP contribution in [0, 0.1) is 27.6 Å². The lowest BCUT2D eigenvalue weighted by Gasteiger charge is -2.64. The SMILES string of the molecule is COC(=O)C[C@@]1(C)[C@@]2(C)C[C@H]3[C@@](O)(C(=O)C4=C(C(=O)C[C@]5(C)C4=CC(=O)O[C@H]5c4ccoc4)[C@@]31C)[C@H]2OC(C)=O. The zero-order valence-corrected chi connectivity index (χ0v) is 23.3. The maximum Gasteiger partial charge on any atom is 0.331 e. The van der Waals surface area contributed by atoms with E-state index in [1.54, 1.807) is 26.8 Å². The van der Waals surface area contributed by atoms with Crippen LogP contribution in [0.2, 0.25) is 0 Å². The van der Waals surface area contributed by atoms with Crippen molar-refractivity contribution < 1.29 is 47.7 Å². The molecule has 5 aliphatic rings. The van der Waals surface area contributed by atoms with Crippen LogP contribution in [0.1, 0.15) is 65.5 Å². The minimum Gasteiger partial charge on any atom is -0.472 e. The van der Waals surface area contributed by atoms with Gasteiger partial charge in [-0.05, 0) is 23.5 Å². The fraction of sp³-hybridized carbons (Fsp3) is 0.567. The molecule has 6 rings (SSSR count). The molecule has 2 saturated carbocycles. The van der Waals surface area contributed by atoms with Crippen LogP contribution in [-0.2, 0) is 38.2 Å². The van der Waals surface area contributed by atoms with Gasteiger partial charge in [-0.2, -0.15) is 0 Å².